The lowest BCUT2D eigenvalue weighted by atomic mass is 10.3. The standard InChI is InChI=1S/C8H12N4O3/c1-4(7(13)12-9)10-8(14)6-3-15-5(2)11-6/h3-4H,9H2,1-2H3,(H,10,14)(H,12,13). The van der Waals surface area contributed by atoms with Crippen LogP contribution in [0.3, 0.4) is 0 Å². The Kier molecular flexibility index (Phi) is 3.40. The number of hydrogen-bond acceptors (Lipinski definition) is 5. The predicted octanol–water partition coefficient (Wildman–Crippen LogP) is -0.909. The summed E-state index contributed by atoms with van der Waals surface area (Å²) < 4.78 is 4.86. The maximum Gasteiger partial charge on any atom is 0.273 e. The van der Waals surface area contributed by atoms with E-state index in [9.17, 15) is 9.59 Å². The van der Waals surface area contributed by atoms with E-state index < -0.39 is 17.9 Å². The van der Waals surface area contributed by atoms with Gasteiger partial charge in [0, 0.05) is 6.92 Å². The zero-order valence-electron chi connectivity index (χ0n) is 8.40. The van der Waals surface area contributed by atoms with Gasteiger partial charge in [-0.2, -0.15) is 0 Å². The quantitative estimate of drug-likeness (QED) is 0.341. The van der Waals surface area contributed by atoms with Crippen molar-refractivity contribution in [1.82, 2.24) is 15.7 Å². The molecule has 0 aromatic carbocycles. The molecule has 0 saturated heterocycles. The molecule has 1 unspecified atom stereocenters. The molecular formula is C8H12N4O3. The zero-order chi connectivity index (χ0) is 11.4. The van der Waals surface area contributed by atoms with Gasteiger partial charge in [0.2, 0.25) is 0 Å². The van der Waals surface area contributed by atoms with Crippen molar-refractivity contribution < 1.29 is 14.0 Å². The maximum atomic E-state index is 11.4. The lowest BCUT2D eigenvalue weighted by Gasteiger charge is -2.10. The summed E-state index contributed by atoms with van der Waals surface area (Å²) in [6.45, 7) is 3.12. The Morgan fingerprint density at radius 2 is 2.27 bits per heavy atom. The first-order valence-electron chi connectivity index (χ1n) is 4.28. The second-order valence-corrected chi connectivity index (χ2v) is 2.96. The number of aryl methyl sites for hydroxylation is 1. The number of nitrogens with two attached hydrogens (primary N) is 1. The van der Waals surface area contributed by atoms with Crippen LogP contribution in [0.5, 0.6) is 0 Å². The van der Waals surface area contributed by atoms with E-state index in [1.807, 2.05) is 5.43 Å². The summed E-state index contributed by atoms with van der Waals surface area (Å²) in [6.07, 6.45) is 1.22. The maximum absolute atomic E-state index is 11.4. The minimum atomic E-state index is -0.723. The van der Waals surface area contributed by atoms with Crippen LogP contribution in [-0.4, -0.2) is 22.8 Å². The molecule has 7 heteroatoms. The van der Waals surface area contributed by atoms with Crippen LogP contribution < -0.4 is 16.6 Å². The number of hydrogen-bond donors (Lipinski definition) is 3. The van der Waals surface area contributed by atoms with Crippen LogP contribution in [0.1, 0.15) is 23.3 Å². The number of amides is 2. The second kappa shape index (κ2) is 4.56. The fourth-order valence-electron chi connectivity index (χ4n) is 0.929. The number of nitrogens with one attached hydrogen (secondary N) is 2. The summed E-state index contributed by atoms with van der Waals surface area (Å²) in [5, 5.41) is 2.41. The molecule has 1 rings (SSSR count). The van der Waals surface area contributed by atoms with Crippen molar-refractivity contribution in [2.75, 3.05) is 0 Å². The average Bonchev–Trinajstić information content (AvgIpc) is 2.63. The summed E-state index contributed by atoms with van der Waals surface area (Å²) in [5.74, 6) is 4.33. The molecule has 0 spiro atoms. The van der Waals surface area contributed by atoms with Crippen LogP contribution >= 0.6 is 0 Å². The van der Waals surface area contributed by atoms with Crippen LogP contribution in [0.15, 0.2) is 10.7 Å². The molecule has 1 heterocycles. The first-order valence-corrected chi connectivity index (χ1v) is 4.28. The molecule has 0 aliphatic rings. The molecule has 0 fully saturated rings. The molecule has 0 aliphatic heterocycles. The summed E-state index contributed by atoms with van der Waals surface area (Å²) in [5.41, 5.74) is 2.06. The molecule has 15 heavy (non-hydrogen) atoms. The zero-order valence-corrected chi connectivity index (χ0v) is 8.40. The lowest BCUT2D eigenvalue weighted by Crippen LogP contribution is -2.47. The predicted molar refractivity (Wildman–Crippen MR) is 50.5 cm³/mol. The molecule has 7 nitrogen and oxygen atoms in total. The van der Waals surface area contributed by atoms with Crippen molar-refractivity contribution in [1.29, 1.82) is 0 Å². The molecule has 0 aliphatic carbocycles. The van der Waals surface area contributed by atoms with Crippen LogP contribution in [0.25, 0.3) is 0 Å². The number of hydrazine groups is 1. The molecule has 0 radical (unpaired) electrons. The molecule has 0 bridgehead atoms. The van der Waals surface area contributed by atoms with Crippen molar-refractivity contribution in [3.63, 3.8) is 0 Å². The Bertz CT molecular complexity index is 374. The highest BCUT2D eigenvalue weighted by atomic mass is 16.3. The number of carbonyl (C=O) groups excluding carboxylic acids is 2. The summed E-state index contributed by atoms with van der Waals surface area (Å²) in [6, 6.07) is -0.723. The van der Waals surface area contributed by atoms with Crippen LogP contribution in [0, 0.1) is 6.92 Å². The number of nitrogens with zero attached hydrogens (tertiary/aromatic N) is 1. The van der Waals surface area contributed by atoms with Crippen molar-refractivity contribution in [3.8, 4) is 0 Å². The van der Waals surface area contributed by atoms with E-state index in [0.717, 1.165) is 0 Å². The van der Waals surface area contributed by atoms with E-state index in [1.54, 1.807) is 6.92 Å². The van der Waals surface area contributed by atoms with Gasteiger partial charge in [0.25, 0.3) is 11.8 Å². The van der Waals surface area contributed by atoms with Gasteiger partial charge in [-0.1, -0.05) is 0 Å². The number of oxazole rings is 1. The molecule has 1 aromatic rings. The van der Waals surface area contributed by atoms with Gasteiger partial charge in [-0.15, -0.1) is 0 Å². The average molecular weight is 212 g/mol. The third kappa shape index (κ3) is 2.78. The number of rotatable bonds is 3. The number of carbonyl (C=O) groups is 2. The Labute approximate surface area is 86.0 Å². The van der Waals surface area contributed by atoms with Crippen LogP contribution in [0.2, 0.25) is 0 Å². The fourth-order valence-corrected chi connectivity index (χ4v) is 0.929. The minimum absolute atomic E-state index is 0.129. The smallest absolute Gasteiger partial charge is 0.273 e. The number of aromatic nitrogens is 1. The van der Waals surface area contributed by atoms with E-state index in [4.69, 9.17) is 10.3 Å². The molecule has 1 atom stereocenters. The summed E-state index contributed by atoms with van der Waals surface area (Å²) in [4.78, 5) is 26.2. The Morgan fingerprint density at radius 3 is 2.73 bits per heavy atom. The van der Waals surface area contributed by atoms with Crippen molar-refractivity contribution in [3.05, 3.63) is 17.8 Å². The highest BCUT2D eigenvalue weighted by Gasteiger charge is 2.17. The van der Waals surface area contributed by atoms with Crippen molar-refractivity contribution >= 4 is 11.8 Å². The third-order valence-electron chi connectivity index (χ3n) is 1.73. The van der Waals surface area contributed by atoms with Crippen LogP contribution in [-0.2, 0) is 4.79 Å². The van der Waals surface area contributed by atoms with Crippen molar-refractivity contribution in [2.24, 2.45) is 5.84 Å². The van der Waals surface area contributed by atoms with Gasteiger partial charge in [-0.05, 0) is 6.92 Å². The largest absolute Gasteiger partial charge is 0.448 e. The fraction of sp³-hybridized carbons (Fsp3) is 0.375. The highest BCUT2D eigenvalue weighted by molar-refractivity contribution is 5.95. The van der Waals surface area contributed by atoms with Gasteiger partial charge in [-0.25, -0.2) is 10.8 Å². The molecule has 1 aromatic heterocycles. The normalized spacial score (nSPS) is 11.9. The van der Waals surface area contributed by atoms with E-state index in [-0.39, 0.29) is 5.69 Å². The monoisotopic (exact) mass is 212 g/mol. The second-order valence-electron chi connectivity index (χ2n) is 2.96. The highest BCUT2D eigenvalue weighted by Crippen LogP contribution is 2.00. The SMILES string of the molecule is Cc1nc(C(=O)NC(C)C(=O)NN)co1. The summed E-state index contributed by atoms with van der Waals surface area (Å²) >= 11 is 0. The van der Waals surface area contributed by atoms with E-state index in [2.05, 4.69) is 10.3 Å². The molecule has 82 valence electrons. The summed E-state index contributed by atoms with van der Waals surface area (Å²) in [7, 11) is 0. The molecule has 2 amide bonds. The molecular weight excluding hydrogens is 200 g/mol. The van der Waals surface area contributed by atoms with Gasteiger partial charge in [0.05, 0.1) is 0 Å². The van der Waals surface area contributed by atoms with Gasteiger partial charge in [-0.3, -0.25) is 15.0 Å². The Balaban J connectivity index is 2.60. The first kappa shape index (κ1) is 11.2. The molecule has 0 saturated carbocycles. The Hall–Kier alpha value is -1.89. The van der Waals surface area contributed by atoms with E-state index >= 15 is 0 Å². The van der Waals surface area contributed by atoms with Gasteiger partial charge in [0.15, 0.2) is 11.6 Å². The first-order chi connectivity index (χ1) is 7.04. The Morgan fingerprint density at radius 1 is 1.60 bits per heavy atom. The van der Waals surface area contributed by atoms with Crippen LogP contribution in [0.4, 0.5) is 0 Å². The topological polar surface area (TPSA) is 110 Å². The van der Waals surface area contributed by atoms with E-state index in [0.29, 0.717) is 5.89 Å². The van der Waals surface area contributed by atoms with Gasteiger partial charge in [0.1, 0.15) is 12.3 Å². The van der Waals surface area contributed by atoms with E-state index in [1.165, 1.54) is 13.2 Å². The van der Waals surface area contributed by atoms with Gasteiger partial charge >= 0.3 is 0 Å². The van der Waals surface area contributed by atoms with Crippen molar-refractivity contribution in [2.45, 2.75) is 19.9 Å². The minimum Gasteiger partial charge on any atom is -0.448 e. The molecule has 4 N–H and O–H groups in total. The van der Waals surface area contributed by atoms with Gasteiger partial charge < -0.3 is 9.73 Å². The third-order valence-corrected chi connectivity index (χ3v) is 1.73. The lowest BCUT2D eigenvalue weighted by molar-refractivity contribution is -0.122.